The Balaban J connectivity index is 1.69. The van der Waals surface area contributed by atoms with Crippen LogP contribution in [-0.4, -0.2) is 83.6 Å². The van der Waals surface area contributed by atoms with Crippen molar-refractivity contribution in [3.8, 4) is 5.75 Å². The molecule has 2 amide bonds. The molecule has 0 saturated carbocycles. The van der Waals surface area contributed by atoms with E-state index in [1.165, 1.54) is 5.56 Å². The predicted molar refractivity (Wildman–Crippen MR) is 128 cm³/mol. The number of hydrogen-bond acceptors (Lipinski definition) is 5. The van der Waals surface area contributed by atoms with E-state index >= 15 is 0 Å². The third-order valence-corrected chi connectivity index (χ3v) is 5.99. The Bertz CT molecular complexity index is 901. The van der Waals surface area contributed by atoms with Crippen LogP contribution >= 0.6 is 0 Å². The molecule has 7 heteroatoms. The van der Waals surface area contributed by atoms with E-state index in [0.717, 1.165) is 12.0 Å². The van der Waals surface area contributed by atoms with Gasteiger partial charge in [0.05, 0.1) is 12.6 Å². The molecule has 0 bridgehead atoms. The number of hydrogen-bond donors (Lipinski definition) is 1. The Morgan fingerprint density at radius 3 is 2.48 bits per heavy atom. The molecule has 1 aliphatic rings. The molecular formula is C26H35N3O4. The quantitative estimate of drug-likeness (QED) is 0.599. The minimum absolute atomic E-state index is 0.00697. The third kappa shape index (κ3) is 7.58. The summed E-state index contributed by atoms with van der Waals surface area (Å²) in [4.78, 5) is 31.2. The molecule has 1 fully saturated rings. The van der Waals surface area contributed by atoms with Crippen molar-refractivity contribution < 1.29 is 19.4 Å². The summed E-state index contributed by atoms with van der Waals surface area (Å²) < 4.78 is 6.06. The molecular weight excluding hydrogens is 418 g/mol. The molecule has 1 N–H and O–H groups in total. The number of phenols is 1. The zero-order valence-electron chi connectivity index (χ0n) is 19.7. The van der Waals surface area contributed by atoms with Gasteiger partial charge >= 0.3 is 0 Å². The Hall–Kier alpha value is -2.90. The average molecular weight is 454 g/mol. The van der Waals surface area contributed by atoms with Crippen molar-refractivity contribution in [1.29, 1.82) is 0 Å². The summed E-state index contributed by atoms with van der Waals surface area (Å²) in [5, 5.41) is 9.81. The van der Waals surface area contributed by atoms with Gasteiger partial charge in [0, 0.05) is 39.3 Å². The van der Waals surface area contributed by atoms with Crippen LogP contribution in [-0.2, 0) is 27.3 Å². The number of carbonyl (C=O) groups excluding carboxylic acids is 2. The molecule has 3 rings (SSSR count). The fourth-order valence-electron chi connectivity index (χ4n) is 4.17. The van der Waals surface area contributed by atoms with Gasteiger partial charge in [-0.25, -0.2) is 0 Å². The van der Waals surface area contributed by atoms with Crippen LogP contribution in [0.25, 0.3) is 0 Å². The van der Waals surface area contributed by atoms with Crippen LogP contribution in [0.1, 0.15) is 25.0 Å². The molecule has 0 radical (unpaired) electrons. The van der Waals surface area contributed by atoms with Gasteiger partial charge in [-0.05, 0) is 43.5 Å². The standard InChI is InChI=1S/C26H35N3O4/c1-3-28(4-2)26(32)20-33-24-17-27(16-22-11-8-12-23(30)15-22)19-25(31)29(18-24)14-13-21-9-6-5-7-10-21/h5-12,15,24,30H,3-4,13-14,16-20H2,1-2H3/t24-/m1/s1. The first-order valence-corrected chi connectivity index (χ1v) is 11.7. The van der Waals surface area contributed by atoms with Crippen molar-refractivity contribution in [1.82, 2.24) is 14.7 Å². The van der Waals surface area contributed by atoms with Crippen LogP contribution in [0.3, 0.4) is 0 Å². The summed E-state index contributed by atoms with van der Waals surface area (Å²) in [5.74, 6) is 0.217. The number of ether oxygens (including phenoxy) is 1. The van der Waals surface area contributed by atoms with Crippen LogP contribution < -0.4 is 0 Å². The highest BCUT2D eigenvalue weighted by molar-refractivity contribution is 5.79. The predicted octanol–water partition coefficient (Wildman–Crippen LogP) is 2.53. The summed E-state index contributed by atoms with van der Waals surface area (Å²) in [5.41, 5.74) is 2.11. The maximum absolute atomic E-state index is 13.1. The van der Waals surface area contributed by atoms with Gasteiger partial charge < -0.3 is 19.6 Å². The zero-order chi connectivity index (χ0) is 23.6. The Kier molecular flexibility index (Phi) is 9.27. The summed E-state index contributed by atoms with van der Waals surface area (Å²) in [6.07, 6.45) is 0.494. The van der Waals surface area contributed by atoms with Gasteiger partial charge in [-0.3, -0.25) is 14.5 Å². The highest BCUT2D eigenvalue weighted by Crippen LogP contribution is 2.16. The van der Waals surface area contributed by atoms with Crippen molar-refractivity contribution in [3.05, 3.63) is 65.7 Å². The Labute approximate surface area is 196 Å². The van der Waals surface area contributed by atoms with Crippen molar-refractivity contribution in [3.63, 3.8) is 0 Å². The SMILES string of the molecule is CCN(CC)C(=O)CO[C@@H]1CN(Cc2cccc(O)c2)CC(=O)N(CCc2ccccc2)C1. The van der Waals surface area contributed by atoms with E-state index in [2.05, 4.69) is 12.1 Å². The highest BCUT2D eigenvalue weighted by Gasteiger charge is 2.29. The van der Waals surface area contributed by atoms with Crippen LogP contribution in [0, 0.1) is 0 Å². The fraction of sp³-hybridized carbons (Fsp3) is 0.462. The number of phenolic OH excluding ortho intramolecular Hbond substituents is 1. The van der Waals surface area contributed by atoms with E-state index in [9.17, 15) is 14.7 Å². The van der Waals surface area contributed by atoms with E-state index in [4.69, 9.17) is 4.74 Å². The van der Waals surface area contributed by atoms with Crippen LogP contribution in [0.5, 0.6) is 5.75 Å². The van der Waals surface area contributed by atoms with Crippen LogP contribution in [0.15, 0.2) is 54.6 Å². The van der Waals surface area contributed by atoms with E-state index in [0.29, 0.717) is 39.3 Å². The van der Waals surface area contributed by atoms with E-state index in [1.54, 1.807) is 23.1 Å². The minimum Gasteiger partial charge on any atom is -0.508 e. The normalized spacial score (nSPS) is 17.1. The Morgan fingerprint density at radius 1 is 1.06 bits per heavy atom. The largest absolute Gasteiger partial charge is 0.508 e. The maximum Gasteiger partial charge on any atom is 0.248 e. The third-order valence-electron chi connectivity index (χ3n) is 5.99. The smallest absolute Gasteiger partial charge is 0.248 e. The number of carbonyl (C=O) groups is 2. The molecule has 0 spiro atoms. The molecule has 178 valence electrons. The van der Waals surface area contributed by atoms with Gasteiger partial charge in [0.15, 0.2) is 0 Å². The molecule has 33 heavy (non-hydrogen) atoms. The lowest BCUT2D eigenvalue weighted by Crippen LogP contribution is -2.41. The van der Waals surface area contributed by atoms with Gasteiger partial charge in [-0.1, -0.05) is 42.5 Å². The molecule has 1 saturated heterocycles. The van der Waals surface area contributed by atoms with E-state index in [1.807, 2.05) is 47.9 Å². The minimum atomic E-state index is -0.274. The summed E-state index contributed by atoms with van der Waals surface area (Å²) >= 11 is 0. The second-order valence-electron chi connectivity index (χ2n) is 8.41. The van der Waals surface area contributed by atoms with Crippen molar-refractivity contribution >= 4 is 11.8 Å². The van der Waals surface area contributed by atoms with Gasteiger partial charge in [-0.15, -0.1) is 0 Å². The number of aromatic hydroxyl groups is 1. The highest BCUT2D eigenvalue weighted by atomic mass is 16.5. The molecule has 0 unspecified atom stereocenters. The summed E-state index contributed by atoms with van der Waals surface area (Å²) in [7, 11) is 0. The lowest BCUT2D eigenvalue weighted by Gasteiger charge is -2.26. The number of amides is 2. The average Bonchev–Trinajstić information content (AvgIpc) is 2.95. The van der Waals surface area contributed by atoms with E-state index in [-0.39, 0.29) is 36.8 Å². The fourth-order valence-corrected chi connectivity index (χ4v) is 4.17. The number of likely N-dealkylation sites (N-methyl/N-ethyl adjacent to an activating group) is 1. The number of rotatable bonds is 10. The zero-order valence-corrected chi connectivity index (χ0v) is 19.7. The van der Waals surface area contributed by atoms with Crippen molar-refractivity contribution in [2.24, 2.45) is 0 Å². The Morgan fingerprint density at radius 2 is 1.79 bits per heavy atom. The lowest BCUT2D eigenvalue weighted by molar-refractivity contribution is -0.138. The molecule has 2 aromatic rings. The maximum atomic E-state index is 13.1. The lowest BCUT2D eigenvalue weighted by atomic mass is 10.1. The van der Waals surface area contributed by atoms with Gasteiger partial charge in [0.1, 0.15) is 12.4 Å². The van der Waals surface area contributed by atoms with Gasteiger partial charge in [0.2, 0.25) is 11.8 Å². The molecule has 1 atom stereocenters. The van der Waals surface area contributed by atoms with Gasteiger partial charge in [-0.2, -0.15) is 0 Å². The second-order valence-corrected chi connectivity index (χ2v) is 8.41. The van der Waals surface area contributed by atoms with Crippen molar-refractivity contribution in [2.75, 3.05) is 45.9 Å². The first-order valence-electron chi connectivity index (χ1n) is 11.7. The van der Waals surface area contributed by atoms with Crippen LogP contribution in [0.2, 0.25) is 0 Å². The molecule has 7 nitrogen and oxygen atoms in total. The molecule has 1 heterocycles. The second kappa shape index (κ2) is 12.4. The first-order chi connectivity index (χ1) is 16.0. The molecule has 0 aliphatic carbocycles. The summed E-state index contributed by atoms with van der Waals surface area (Å²) in [6, 6.07) is 17.2. The van der Waals surface area contributed by atoms with E-state index < -0.39 is 0 Å². The van der Waals surface area contributed by atoms with Gasteiger partial charge in [0.25, 0.3) is 0 Å². The first kappa shape index (κ1) is 24.7. The topological polar surface area (TPSA) is 73.3 Å². The number of benzene rings is 2. The van der Waals surface area contributed by atoms with Crippen LogP contribution in [0.4, 0.5) is 0 Å². The molecule has 0 aromatic heterocycles. The number of nitrogens with zero attached hydrogens (tertiary/aromatic N) is 3. The molecule has 1 aliphatic heterocycles. The monoisotopic (exact) mass is 453 g/mol. The van der Waals surface area contributed by atoms with Crippen molar-refractivity contribution in [2.45, 2.75) is 32.9 Å². The summed E-state index contributed by atoms with van der Waals surface area (Å²) in [6.45, 7) is 7.60. The molecule has 2 aromatic carbocycles.